The molecule has 5 aromatic rings. The maximum absolute atomic E-state index is 13.0. The topological polar surface area (TPSA) is 138 Å². The van der Waals surface area contributed by atoms with Gasteiger partial charge in [-0.1, -0.05) is 60.7 Å². The highest BCUT2D eigenvalue weighted by Gasteiger charge is 2.31. The van der Waals surface area contributed by atoms with Crippen LogP contribution in [0.4, 0.5) is 11.4 Å². The largest absolute Gasteiger partial charge is 0.416 e. The van der Waals surface area contributed by atoms with Gasteiger partial charge in [0, 0.05) is 60.5 Å². The fraction of sp³-hybridized carbons (Fsp3) is 0.286. The van der Waals surface area contributed by atoms with Crippen LogP contribution in [-0.4, -0.2) is 68.8 Å². The van der Waals surface area contributed by atoms with Crippen molar-refractivity contribution in [1.82, 2.24) is 20.0 Å². The number of amides is 4. The predicted molar refractivity (Wildman–Crippen MR) is 201 cm³/mol. The number of carbonyl (C=O) groups excluding carboxylic acids is 4. The maximum atomic E-state index is 13.0. The minimum absolute atomic E-state index is 0.0497. The Labute approximate surface area is 308 Å². The quantitative estimate of drug-likeness (QED) is 0.150. The molecule has 0 saturated carbocycles. The van der Waals surface area contributed by atoms with Gasteiger partial charge in [0.15, 0.2) is 0 Å². The lowest BCUT2D eigenvalue weighted by molar-refractivity contribution is -0.133. The summed E-state index contributed by atoms with van der Waals surface area (Å²) in [6.45, 7) is 1.34. The second-order valence-corrected chi connectivity index (χ2v) is 13.7. The van der Waals surface area contributed by atoms with E-state index in [-0.39, 0.29) is 48.6 Å². The average Bonchev–Trinajstić information content (AvgIpc) is 3.95. The zero-order chi connectivity index (χ0) is 36.6. The number of rotatable bonds is 12. The van der Waals surface area contributed by atoms with Crippen LogP contribution < -0.4 is 10.6 Å². The molecular formula is C42H42N6O5. The van der Waals surface area contributed by atoms with Crippen molar-refractivity contribution in [2.75, 3.05) is 23.7 Å². The SMILES string of the molecule is O=C(C[C@@H]1CCCN1C(=O)Cc1ccccc1)Nc1ccc(-c2nnc(-c3ccc(NC(=O)C[C@@H]4CCCN4C(=O)Cc4ccccc4)cc3)o2)cc1. The van der Waals surface area contributed by atoms with Crippen LogP contribution in [0.5, 0.6) is 0 Å². The molecular weight excluding hydrogens is 668 g/mol. The van der Waals surface area contributed by atoms with E-state index in [9.17, 15) is 19.2 Å². The molecule has 0 spiro atoms. The maximum Gasteiger partial charge on any atom is 0.248 e. The van der Waals surface area contributed by atoms with Crippen molar-refractivity contribution in [2.24, 2.45) is 0 Å². The van der Waals surface area contributed by atoms with E-state index in [0.29, 0.717) is 60.2 Å². The van der Waals surface area contributed by atoms with Gasteiger partial charge in [-0.25, -0.2) is 0 Å². The zero-order valence-corrected chi connectivity index (χ0v) is 29.4. The van der Waals surface area contributed by atoms with Crippen LogP contribution in [0, 0.1) is 0 Å². The number of hydrogen-bond acceptors (Lipinski definition) is 7. The predicted octanol–water partition coefficient (Wildman–Crippen LogP) is 6.53. The van der Waals surface area contributed by atoms with E-state index in [1.807, 2.05) is 70.5 Å². The van der Waals surface area contributed by atoms with Crippen LogP contribution in [0.15, 0.2) is 114 Å². The van der Waals surface area contributed by atoms with Gasteiger partial charge in [0.05, 0.1) is 12.8 Å². The summed E-state index contributed by atoms with van der Waals surface area (Å²) in [6.07, 6.45) is 4.55. The normalized spacial score (nSPS) is 16.8. The summed E-state index contributed by atoms with van der Waals surface area (Å²) in [5, 5.41) is 14.3. The van der Waals surface area contributed by atoms with Gasteiger partial charge in [-0.05, 0) is 85.3 Å². The number of aromatic nitrogens is 2. The second kappa shape index (κ2) is 16.5. The van der Waals surface area contributed by atoms with Gasteiger partial charge in [-0.15, -0.1) is 10.2 Å². The Bertz CT molecular complexity index is 1890. The molecule has 0 bridgehead atoms. The number of carbonyl (C=O) groups is 4. The van der Waals surface area contributed by atoms with Gasteiger partial charge in [0.2, 0.25) is 35.4 Å². The Morgan fingerprint density at radius 3 is 1.36 bits per heavy atom. The molecule has 3 heterocycles. The van der Waals surface area contributed by atoms with E-state index in [1.165, 1.54) is 0 Å². The summed E-state index contributed by atoms with van der Waals surface area (Å²) < 4.78 is 5.96. The molecule has 1 aromatic heterocycles. The van der Waals surface area contributed by atoms with Crippen molar-refractivity contribution in [2.45, 2.75) is 63.5 Å². The Balaban J connectivity index is 0.885. The molecule has 2 aliphatic heterocycles. The monoisotopic (exact) mass is 710 g/mol. The Morgan fingerprint density at radius 2 is 0.962 bits per heavy atom. The van der Waals surface area contributed by atoms with Gasteiger partial charge < -0.3 is 24.9 Å². The molecule has 2 aliphatic rings. The van der Waals surface area contributed by atoms with Crippen molar-refractivity contribution < 1.29 is 23.6 Å². The third-order valence-corrected chi connectivity index (χ3v) is 9.89. The summed E-state index contributed by atoms with van der Waals surface area (Å²) in [5.41, 5.74) is 4.60. The van der Waals surface area contributed by atoms with E-state index in [1.54, 1.807) is 48.5 Å². The number of likely N-dealkylation sites (tertiary alicyclic amines) is 2. The van der Waals surface area contributed by atoms with Crippen molar-refractivity contribution in [3.63, 3.8) is 0 Å². The lowest BCUT2D eigenvalue weighted by atomic mass is 10.1. The van der Waals surface area contributed by atoms with E-state index in [0.717, 1.165) is 36.8 Å². The molecule has 11 nitrogen and oxygen atoms in total. The highest BCUT2D eigenvalue weighted by Crippen LogP contribution is 2.28. The number of benzene rings is 4. The molecule has 2 fully saturated rings. The molecule has 2 atom stereocenters. The zero-order valence-electron chi connectivity index (χ0n) is 29.4. The molecule has 2 N–H and O–H groups in total. The molecule has 2 saturated heterocycles. The average molecular weight is 711 g/mol. The first-order valence-corrected chi connectivity index (χ1v) is 18.2. The van der Waals surface area contributed by atoms with E-state index < -0.39 is 0 Å². The smallest absolute Gasteiger partial charge is 0.248 e. The molecule has 0 aliphatic carbocycles. The molecule has 270 valence electrons. The summed E-state index contributed by atoms with van der Waals surface area (Å²) in [4.78, 5) is 55.5. The van der Waals surface area contributed by atoms with Crippen molar-refractivity contribution in [1.29, 1.82) is 0 Å². The van der Waals surface area contributed by atoms with Crippen LogP contribution in [-0.2, 0) is 32.0 Å². The lowest BCUT2D eigenvalue weighted by Crippen LogP contribution is -2.38. The van der Waals surface area contributed by atoms with Gasteiger partial charge in [0.1, 0.15) is 0 Å². The van der Waals surface area contributed by atoms with E-state index in [2.05, 4.69) is 20.8 Å². The Kier molecular flexibility index (Phi) is 11.0. The van der Waals surface area contributed by atoms with Crippen molar-refractivity contribution >= 4 is 35.0 Å². The molecule has 0 radical (unpaired) electrons. The fourth-order valence-electron chi connectivity index (χ4n) is 7.20. The summed E-state index contributed by atoms with van der Waals surface area (Å²) >= 11 is 0. The Morgan fingerprint density at radius 1 is 0.566 bits per heavy atom. The molecule has 4 amide bonds. The van der Waals surface area contributed by atoms with Crippen LogP contribution >= 0.6 is 0 Å². The van der Waals surface area contributed by atoms with Crippen LogP contribution in [0.2, 0.25) is 0 Å². The summed E-state index contributed by atoms with van der Waals surface area (Å²) in [6, 6.07) is 33.5. The third-order valence-electron chi connectivity index (χ3n) is 9.89. The van der Waals surface area contributed by atoms with E-state index in [4.69, 9.17) is 4.42 Å². The second-order valence-electron chi connectivity index (χ2n) is 13.7. The molecule has 53 heavy (non-hydrogen) atoms. The van der Waals surface area contributed by atoms with Gasteiger partial charge in [-0.2, -0.15) is 0 Å². The first-order valence-electron chi connectivity index (χ1n) is 18.2. The van der Waals surface area contributed by atoms with Gasteiger partial charge in [-0.3, -0.25) is 19.2 Å². The van der Waals surface area contributed by atoms with Crippen LogP contribution in [0.25, 0.3) is 22.9 Å². The highest BCUT2D eigenvalue weighted by molar-refractivity contribution is 5.93. The van der Waals surface area contributed by atoms with E-state index >= 15 is 0 Å². The molecule has 4 aromatic carbocycles. The number of nitrogens with zero attached hydrogens (tertiary/aromatic N) is 4. The van der Waals surface area contributed by atoms with Crippen molar-refractivity contribution in [3.8, 4) is 22.9 Å². The fourth-order valence-corrected chi connectivity index (χ4v) is 7.20. The third kappa shape index (κ3) is 9.04. The lowest BCUT2D eigenvalue weighted by Gasteiger charge is -2.24. The molecule has 7 rings (SSSR count). The minimum Gasteiger partial charge on any atom is -0.416 e. The molecule has 11 heteroatoms. The van der Waals surface area contributed by atoms with Crippen LogP contribution in [0.1, 0.15) is 49.7 Å². The van der Waals surface area contributed by atoms with Gasteiger partial charge >= 0.3 is 0 Å². The van der Waals surface area contributed by atoms with Crippen molar-refractivity contribution in [3.05, 3.63) is 120 Å². The standard InChI is InChI=1S/C42H42N6O5/c49-37(27-35-13-7-23-47(35)39(51)25-29-9-3-1-4-10-29)43-33-19-15-31(16-20-33)41-45-46-42(53-41)32-17-21-34(22-18-32)44-38(50)28-36-14-8-24-48(36)40(52)26-30-11-5-2-6-12-30/h1-6,9-12,15-22,35-36H,7-8,13-14,23-28H2,(H,43,49)(H,44,50)/t35-,36-/m0/s1. The van der Waals surface area contributed by atoms with Gasteiger partial charge in [0.25, 0.3) is 0 Å². The minimum atomic E-state index is -0.142. The summed E-state index contributed by atoms with van der Waals surface area (Å²) in [7, 11) is 0. The summed E-state index contributed by atoms with van der Waals surface area (Å²) in [5.74, 6) is 0.475. The number of hydrogen-bond donors (Lipinski definition) is 2. The van der Waals surface area contributed by atoms with Crippen LogP contribution in [0.3, 0.4) is 0 Å². The molecule has 0 unspecified atom stereocenters. The first kappa shape index (κ1) is 35.3. The Hall–Kier alpha value is -6.10. The number of nitrogens with one attached hydrogen (secondary N) is 2. The number of anilines is 2. The first-order chi connectivity index (χ1) is 25.9. The highest BCUT2D eigenvalue weighted by atomic mass is 16.4.